The summed E-state index contributed by atoms with van der Waals surface area (Å²) in [6, 6.07) is 4.43. The third kappa shape index (κ3) is 2.50. The van der Waals surface area contributed by atoms with E-state index in [1.54, 1.807) is 18.5 Å². The summed E-state index contributed by atoms with van der Waals surface area (Å²) in [6.07, 6.45) is 4.67. The van der Waals surface area contributed by atoms with E-state index in [0.717, 1.165) is 4.47 Å². The molecule has 0 fully saturated rings. The van der Waals surface area contributed by atoms with Crippen molar-refractivity contribution in [3.63, 3.8) is 0 Å². The zero-order valence-corrected chi connectivity index (χ0v) is 9.20. The molecular weight excluding hydrogens is 261 g/mol. The lowest BCUT2D eigenvalue weighted by Crippen LogP contribution is -1.93. The number of aromatic nitrogens is 2. The predicted molar refractivity (Wildman–Crippen MR) is 59.4 cm³/mol. The first-order valence-electron chi connectivity index (χ1n) is 4.23. The van der Waals surface area contributed by atoms with E-state index in [1.165, 1.54) is 18.5 Å². The summed E-state index contributed by atoms with van der Waals surface area (Å²) in [7, 11) is 0. The molecule has 2 rings (SSSR count). The lowest BCUT2D eigenvalue weighted by Gasteiger charge is -2.07. The van der Waals surface area contributed by atoms with Crippen molar-refractivity contribution in [3.05, 3.63) is 47.2 Å². The molecule has 1 aromatic carbocycles. The average molecular weight is 268 g/mol. The Morgan fingerprint density at radius 2 is 1.93 bits per heavy atom. The van der Waals surface area contributed by atoms with Crippen LogP contribution in [0.4, 0.5) is 15.8 Å². The summed E-state index contributed by atoms with van der Waals surface area (Å²) in [5.74, 6) is -0.294. The SMILES string of the molecule is Fc1ccc(Br)c(Nc2cncnc2)c1. The van der Waals surface area contributed by atoms with E-state index in [0.29, 0.717) is 11.4 Å². The Morgan fingerprint density at radius 3 is 2.67 bits per heavy atom. The summed E-state index contributed by atoms with van der Waals surface area (Å²) in [6.45, 7) is 0. The predicted octanol–water partition coefficient (Wildman–Crippen LogP) is 3.12. The number of benzene rings is 1. The second kappa shape index (κ2) is 4.35. The first kappa shape index (κ1) is 10.0. The maximum absolute atomic E-state index is 13.0. The van der Waals surface area contributed by atoms with Crippen LogP contribution in [0.3, 0.4) is 0 Å². The summed E-state index contributed by atoms with van der Waals surface area (Å²) < 4.78 is 13.7. The molecule has 0 aliphatic rings. The monoisotopic (exact) mass is 267 g/mol. The molecule has 2 aromatic rings. The molecular formula is C10H7BrFN3. The highest BCUT2D eigenvalue weighted by Crippen LogP contribution is 2.25. The highest BCUT2D eigenvalue weighted by atomic mass is 79.9. The fourth-order valence-electron chi connectivity index (χ4n) is 1.11. The van der Waals surface area contributed by atoms with Gasteiger partial charge in [0.1, 0.15) is 12.1 Å². The van der Waals surface area contributed by atoms with Gasteiger partial charge in [0.2, 0.25) is 0 Å². The van der Waals surface area contributed by atoms with Gasteiger partial charge in [0, 0.05) is 4.47 Å². The normalized spacial score (nSPS) is 10.0. The molecule has 1 aromatic heterocycles. The van der Waals surface area contributed by atoms with Gasteiger partial charge in [-0.3, -0.25) is 0 Å². The van der Waals surface area contributed by atoms with Crippen LogP contribution >= 0.6 is 15.9 Å². The topological polar surface area (TPSA) is 37.8 Å². The zero-order chi connectivity index (χ0) is 10.7. The van der Waals surface area contributed by atoms with Crippen LogP contribution in [0.5, 0.6) is 0 Å². The van der Waals surface area contributed by atoms with Gasteiger partial charge < -0.3 is 5.32 Å². The van der Waals surface area contributed by atoms with Gasteiger partial charge in [0.05, 0.1) is 23.8 Å². The summed E-state index contributed by atoms with van der Waals surface area (Å²) in [5.41, 5.74) is 1.36. The molecule has 0 saturated carbocycles. The van der Waals surface area contributed by atoms with E-state index in [2.05, 4.69) is 31.2 Å². The lowest BCUT2D eigenvalue weighted by atomic mass is 10.3. The molecule has 0 radical (unpaired) electrons. The molecule has 0 amide bonds. The van der Waals surface area contributed by atoms with Crippen LogP contribution in [0.15, 0.2) is 41.4 Å². The minimum atomic E-state index is -0.294. The fourth-order valence-corrected chi connectivity index (χ4v) is 1.46. The van der Waals surface area contributed by atoms with Crippen molar-refractivity contribution >= 4 is 27.3 Å². The Hall–Kier alpha value is -1.49. The van der Waals surface area contributed by atoms with E-state index >= 15 is 0 Å². The standard InChI is InChI=1S/C10H7BrFN3/c11-9-2-1-7(12)3-10(9)15-8-4-13-6-14-5-8/h1-6,15H. The van der Waals surface area contributed by atoms with Crippen molar-refractivity contribution in [1.29, 1.82) is 0 Å². The van der Waals surface area contributed by atoms with Gasteiger partial charge in [-0.15, -0.1) is 0 Å². The third-order valence-corrected chi connectivity index (χ3v) is 2.46. The van der Waals surface area contributed by atoms with Gasteiger partial charge in [-0.2, -0.15) is 0 Å². The van der Waals surface area contributed by atoms with Crippen molar-refractivity contribution in [2.45, 2.75) is 0 Å². The maximum atomic E-state index is 13.0. The van der Waals surface area contributed by atoms with Crippen LogP contribution in [0.25, 0.3) is 0 Å². The second-order valence-electron chi connectivity index (χ2n) is 2.88. The number of anilines is 2. The molecule has 15 heavy (non-hydrogen) atoms. The fraction of sp³-hybridized carbons (Fsp3) is 0. The van der Waals surface area contributed by atoms with Gasteiger partial charge in [0.15, 0.2) is 0 Å². The second-order valence-corrected chi connectivity index (χ2v) is 3.73. The van der Waals surface area contributed by atoms with Crippen molar-refractivity contribution < 1.29 is 4.39 Å². The minimum absolute atomic E-state index is 0.294. The van der Waals surface area contributed by atoms with Crippen LogP contribution in [-0.2, 0) is 0 Å². The van der Waals surface area contributed by atoms with E-state index in [1.807, 2.05) is 0 Å². The van der Waals surface area contributed by atoms with Crippen molar-refractivity contribution in [3.8, 4) is 0 Å². The Balaban J connectivity index is 2.28. The molecule has 0 unspecified atom stereocenters. The Bertz CT molecular complexity index is 461. The largest absolute Gasteiger partial charge is 0.352 e. The molecule has 3 nitrogen and oxygen atoms in total. The van der Waals surface area contributed by atoms with E-state index < -0.39 is 0 Å². The summed E-state index contributed by atoms with van der Waals surface area (Å²) >= 11 is 3.32. The Kier molecular flexibility index (Phi) is 2.91. The van der Waals surface area contributed by atoms with Crippen molar-refractivity contribution in [2.75, 3.05) is 5.32 Å². The molecule has 0 spiro atoms. The van der Waals surface area contributed by atoms with Crippen LogP contribution in [0.1, 0.15) is 0 Å². The summed E-state index contributed by atoms with van der Waals surface area (Å²) in [4.78, 5) is 7.70. The molecule has 0 aliphatic heterocycles. The van der Waals surface area contributed by atoms with E-state index in [-0.39, 0.29) is 5.82 Å². The van der Waals surface area contributed by atoms with Gasteiger partial charge in [-0.1, -0.05) is 0 Å². The van der Waals surface area contributed by atoms with Crippen LogP contribution in [0.2, 0.25) is 0 Å². The number of halogens is 2. The number of hydrogen-bond donors (Lipinski definition) is 1. The molecule has 0 atom stereocenters. The first-order chi connectivity index (χ1) is 7.25. The highest BCUT2D eigenvalue weighted by molar-refractivity contribution is 9.10. The Morgan fingerprint density at radius 1 is 1.20 bits per heavy atom. The average Bonchev–Trinajstić information content (AvgIpc) is 2.25. The molecule has 1 N–H and O–H groups in total. The van der Waals surface area contributed by atoms with Crippen LogP contribution in [0, 0.1) is 5.82 Å². The number of nitrogens with zero attached hydrogens (tertiary/aromatic N) is 2. The van der Waals surface area contributed by atoms with Crippen molar-refractivity contribution in [2.24, 2.45) is 0 Å². The molecule has 5 heteroatoms. The molecule has 1 heterocycles. The van der Waals surface area contributed by atoms with Crippen molar-refractivity contribution in [1.82, 2.24) is 9.97 Å². The highest BCUT2D eigenvalue weighted by Gasteiger charge is 2.01. The number of rotatable bonds is 2. The summed E-state index contributed by atoms with van der Waals surface area (Å²) in [5, 5.41) is 3.00. The smallest absolute Gasteiger partial charge is 0.125 e. The van der Waals surface area contributed by atoms with Gasteiger partial charge in [-0.05, 0) is 34.1 Å². The quantitative estimate of drug-likeness (QED) is 0.909. The Labute approximate surface area is 94.5 Å². The molecule has 0 saturated heterocycles. The zero-order valence-electron chi connectivity index (χ0n) is 7.61. The number of nitrogens with one attached hydrogen (secondary N) is 1. The molecule has 76 valence electrons. The van der Waals surface area contributed by atoms with Crippen LogP contribution < -0.4 is 5.32 Å². The van der Waals surface area contributed by atoms with Crippen LogP contribution in [-0.4, -0.2) is 9.97 Å². The van der Waals surface area contributed by atoms with Gasteiger partial charge in [-0.25, -0.2) is 14.4 Å². The van der Waals surface area contributed by atoms with E-state index in [4.69, 9.17) is 0 Å². The lowest BCUT2D eigenvalue weighted by molar-refractivity contribution is 0.628. The van der Waals surface area contributed by atoms with E-state index in [9.17, 15) is 4.39 Å². The van der Waals surface area contributed by atoms with Gasteiger partial charge in [0.25, 0.3) is 0 Å². The third-order valence-electron chi connectivity index (χ3n) is 1.77. The minimum Gasteiger partial charge on any atom is -0.352 e. The molecule has 0 bridgehead atoms. The van der Waals surface area contributed by atoms with Gasteiger partial charge >= 0.3 is 0 Å². The molecule has 0 aliphatic carbocycles. The number of hydrogen-bond acceptors (Lipinski definition) is 3. The maximum Gasteiger partial charge on any atom is 0.125 e. The first-order valence-corrected chi connectivity index (χ1v) is 5.02.